The zero-order valence-corrected chi connectivity index (χ0v) is 11.5. The Morgan fingerprint density at radius 3 is 2.88 bits per heavy atom. The molecule has 0 spiro atoms. The van der Waals surface area contributed by atoms with Crippen molar-refractivity contribution in [2.45, 2.75) is 45.4 Å². The molecule has 2 unspecified atom stereocenters. The molecule has 0 aliphatic heterocycles. The molecule has 0 aromatic carbocycles. The van der Waals surface area contributed by atoms with Gasteiger partial charge in [0, 0.05) is 5.92 Å². The van der Waals surface area contributed by atoms with E-state index < -0.39 is 0 Å². The van der Waals surface area contributed by atoms with E-state index >= 15 is 0 Å². The Kier molecular flexibility index (Phi) is 3.82. The molecule has 2 atom stereocenters. The maximum Gasteiger partial charge on any atom is 0.349 e. The van der Waals surface area contributed by atoms with Gasteiger partial charge in [-0.25, -0.2) is 9.78 Å². The number of carbonyl (C=O) groups is 1. The molecule has 1 saturated carbocycles. The Morgan fingerprint density at radius 2 is 2.24 bits per heavy atom. The van der Waals surface area contributed by atoms with Gasteiger partial charge in [0.15, 0.2) is 0 Å². The standard InChI is InChI=1S/C13H19NO2S/c1-8-5-4-6-10(7-8)12-14-9(2)11(17-12)13(15)16-3/h8,10H,4-7H2,1-3H3. The van der Waals surface area contributed by atoms with Gasteiger partial charge >= 0.3 is 5.97 Å². The Bertz CT molecular complexity index is 414. The topological polar surface area (TPSA) is 39.2 Å². The number of carbonyl (C=O) groups excluding carboxylic acids is 1. The summed E-state index contributed by atoms with van der Waals surface area (Å²) in [7, 11) is 1.42. The highest BCUT2D eigenvalue weighted by Crippen LogP contribution is 2.38. The molecule has 0 bridgehead atoms. The van der Waals surface area contributed by atoms with E-state index in [1.54, 1.807) is 0 Å². The van der Waals surface area contributed by atoms with Crippen LogP contribution in [0, 0.1) is 12.8 Å². The van der Waals surface area contributed by atoms with Gasteiger partial charge in [0.2, 0.25) is 0 Å². The molecule has 94 valence electrons. The summed E-state index contributed by atoms with van der Waals surface area (Å²) in [6, 6.07) is 0. The molecular formula is C13H19NO2S. The summed E-state index contributed by atoms with van der Waals surface area (Å²) in [5, 5.41) is 1.12. The van der Waals surface area contributed by atoms with Crippen molar-refractivity contribution in [2.75, 3.05) is 7.11 Å². The number of rotatable bonds is 2. The van der Waals surface area contributed by atoms with Gasteiger partial charge in [0.25, 0.3) is 0 Å². The van der Waals surface area contributed by atoms with E-state index in [1.807, 2.05) is 6.92 Å². The van der Waals surface area contributed by atoms with Gasteiger partial charge in [-0.3, -0.25) is 0 Å². The zero-order chi connectivity index (χ0) is 12.4. The van der Waals surface area contributed by atoms with E-state index in [-0.39, 0.29) is 5.97 Å². The summed E-state index contributed by atoms with van der Waals surface area (Å²) in [5.41, 5.74) is 0.815. The maximum absolute atomic E-state index is 11.5. The van der Waals surface area contributed by atoms with Crippen LogP contribution < -0.4 is 0 Å². The molecule has 1 fully saturated rings. The molecule has 1 aliphatic rings. The predicted molar refractivity (Wildman–Crippen MR) is 68.6 cm³/mol. The molecule has 0 radical (unpaired) electrons. The summed E-state index contributed by atoms with van der Waals surface area (Å²) in [4.78, 5) is 16.8. The summed E-state index contributed by atoms with van der Waals surface area (Å²) in [6.45, 7) is 4.19. The van der Waals surface area contributed by atoms with Crippen molar-refractivity contribution in [1.29, 1.82) is 0 Å². The van der Waals surface area contributed by atoms with Gasteiger partial charge in [0.05, 0.1) is 17.8 Å². The van der Waals surface area contributed by atoms with Crippen LogP contribution in [-0.4, -0.2) is 18.1 Å². The average molecular weight is 253 g/mol. The first-order valence-corrected chi connectivity index (χ1v) is 6.99. The summed E-state index contributed by atoms with van der Waals surface area (Å²) in [6.07, 6.45) is 5.01. The Labute approximate surface area is 106 Å². The number of methoxy groups -OCH3 is 1. The van der Waals surface area contributed by atoms with Gasteiger partial charge in [-0.1, -0.05) is 19.8 Å². The number of hydrogen-bond acceptors (Lipinski definition) is 4. The van der Waals surface area contributed by atoms with Crippen LogP contribution in [-0.2, 0) is 4.74 Å². The molecule has 0 amide bonds. The van der Waals surface area contributed by atoms with E-state index in [9.17, 15) is 4.79 Å². The lowest BCUT2D eigenvalue weighted by Gasteiger charge is -2.24. The van der Waals surface area contributed by atoms with Gasteiger partial charge in [-0.2, -0.15) is 0 Å². The minimum atomic E-state index is -0.255. The lowest BCUT2D eigenvalue weighted by atomic mass is 9.83. The zero-order valence-electron chi connectivity index (χ0n) is 10.7. The van der Waals surface area contributed by atoms with E-state index in [1.165, 1.54) is 44.1 Å². The van der Waals surface area contributed by atoms with Crippen molar-refractivity contribution in [1.82, 2.24) is 4.98 Å². The highest BCUT2D eigenvalue weighted by molar-refractivity contribution is 7.13. The molecule has 17 heavy (non-hydrogen) atoms. The molecule has 1 heterocycles. The molecular weight excluding hydrogens is 234 g/mol. The Balaban J connectivity index is 2.19. The lowest BCUT2D eigenvalue weighted by molar-refractivity contribution is 0.0605. The number of ether oxygens (including phenoxy) is 1. The number of hydrogen-bond donors (Lipinski definition) is 0. The number of thiazole rings is 1. The van der Waals surface area contributed by atoms with Crippen LogP contribution >= 0.6 is 11.3 Å². The first kappa shape index (κ1) is 12.6. The molecule has 4 heteroatoms. The van der Waals surface area contributed by atoms with E-state index in [4.69, 9.17) is 4.74 Å². The van der Waals surface area contributed by atoms with Crippen molar-refractivity contribution in [3.05, 3.63) is 15.6 Å². The largest absolute Gasteiger partial charge is 0.465 e. The van der Waals surface area contributed by atoms with Crippen LogP contribution in [0.4, 0.5) is 0 Å². The molecule has 1 aliphatic carbocycles. The van der Waals surface area contributed by atoms with Crippen LogP contribution in [0.5, 0.6) is 0 Å². The summed E-state index contributed by atoms with van der Waals surface area (Å²) >= 11 is 1.52. The van der Waals surface area contributed by atoms with E-state index in [0.29, 0.717) is 10.8 Å². The highest BCUT2D eigenvalue weighted by Gasteiger charge is 2.25. The maximum atomic E-state index is 11.5. The molecule has 3 nitrogen and oxygen atoms in total. The minimum Gasteiger partial charge on any atom is -0.465 e. The molecule has 2 rings (SSSR count). The molecule has 1 aromatic heterocycles. The SMILES string of the molecule is COC(=O)c1sc(C2CCCC(C)C2)nc1C. The summed E-state index contributed by atoms with van der Waals surface area (Å²) in [5.74, 6) is 1.07. The third-order valence-electron chi connectivity index (χ3n) is 3.47. The number of esters is 1. The van der Waals surface area contributed by atoms with Crippen molar-refractivity contribution in [3.8, 4) is 0 Å². The van der Waals surface area contributed by atoms with E-state index in [0.717, 1.165) is 16.6 Å². The van der Waals surface area contributed by atoms with Crippen molar-refractivity contribution < 1.29 is 9.53 Å². The second-order valence-corrected chi connectivity index (χ2v) is 5.96. The Morgan fingerprint density at radius 1 is 1.47 bits per heavy atom. The van der Waals surface area contributed by atoms with Crippen molar-refractivity contribution in [3.63, 3.8) is 0 Å². The fourth-order valence-electron chi connectivity index (χ4n) is 2.53. The average Bonchev–Trinajstić information content (AvgIpc) is 2.70. The first-order chi connectivity index (χ1) is 8.11. The van der Waals surface area contributed by atoms with Crippen LogP contribution in [0.2, 0.25) is 0 Å². The van der Waals surface area contributed by atoms with Crippen LogP contribution in [0.3, 0.4) is 0 Å². The smallest absolute Gasteiger partial charge is 0.349 e. The van der Waals surface area contributed by atoms with Gasteiger partial charge in [-0.05, 0) is 25.7 Å². The van der Waals surface area contributed by atoms with E-state index in [2.05, 4.69) is 11.9 Å². The first-order valence-electron chi connectivity index (χ1n) is 6.17. The van der Waals surface area contributed by atoms with Crippen molar-refractivity contribution in [2.24, 2.45) is 5.92 Å². The number of nitrogens with zero attached hydrogens (tertiary/aromatic N) is 1. The number of aryl methyl sites for hydroxylation is 1. The third kappa shape index (κ3) is 2.68. The van der Waals surface area contributed by atoms with Crippen LogP contribution in [0.1, 0.15) is 58.9 Å². The second-order valence-electron chi connectivity index (χ2n) is 4.93. The minimum absolute atomic E-state index is 0.255. The fraction of sp³-hybridized carbons (Fsp3) is 0.692. The van der Waals surface area contributed by atoms with Gasteiger partial charge < -0.3 is 4.74 Å². The quantitative estimate of drug-likeness (QED) is 0.757. The Hall–Kier alpha value is -0.900. The third-order valence-corrected chi connectivity index (χ3v) is 4.77. The van der Waals surface area contributed by atoms with Gasteiger partial charge in [0.1, 0.15) is 4.88 Å². The van der Waals surface area contributed by atoms with Crippen LogP contribution in [0.25, 0.3) is 0 Å². The van der Waals surface area contributed by atoms with Gasteiger partial charge in [-0.15, -0.1) is 11.3 Å². The summed E-state index contributed by atoms with van der Waals surface area (Å²) < 4.78 is 4.77. The fourth-order valence-corrected chi connectivity index (χ4v) is 3.66. The second kappa shape index (κ2) is 5.17. The highest BCUT2D eigenvalue weighted by atomic mass is 32.1. The van der Waals surface area contributed by atoms with Crippen LogP contribution in [0.15, 0.2) is 0 Å². The molecule has 0 saturated heterocycles. The molecule has 1 aromatic rings. The van der Waals surface area contributed by atoms with Crippen molar-refractivity contribution >= 4 is 17.3 Å². The lowest BCUT2D eigenvalue weighted by Crippen LogP contribution is -2.11. The number of aromatic nitrogens is 1. The monoisotopic (exact) mass is 253 g/mol. The normalized spacial score (nSPS) is 24.6. The molecule has 0 N–H and O–H groups in total. The predicted octanol–water partition coefficient (Wildman–Crippen LogP) is 3.53.